The summed E-state index contributed by atoms with van der Waals surface area (Å²) < 4.78 is 3.33. The van der Waals surface area contributed by atoms with Crippen LogP contribution in [-0.4, -0.2) is 71.6 Å². The van der Waals surface area contributed by atoms with Crippen molar-refractivity contribution in [3.8, 4) is 0 Å². The minimum Gasteiger partial charge on any atom is -0.480 e. The number of carbonyl (C=O) groups is 3. The quantitative estimate of drug-likeness (QED) is 0.238. The molecule has 7 N–H and O–H groups in total. The van der Waals surface area contributed by atoms with Crippen molar-refractivity contribution in [2.75, 3.05) is 18.8 Å². The monoisotopic (exact) mass is 461 g/mol. The van der Waals surface area contributed by atoms with Gasteiger partial charge in [-0.25, -0.2) is 14.6 Å². The lowest BCUT2D eigenvalue weighted by Crippen LogP contribution is -2.40. The second-order valence-corrected chi connectivity index (χ2v) is 6.36. The van der Waals surface area contributed by atoms with Gasteiger partial charge in [-0.2, -0.15) is 12.6 Å². The number of carboxylic acids is 2. The molecule has 15 heteroatoms. The predicted octanol–water partition coefficient (Wildman–Crippen LogP) is -3.07. The molecule has 31 heavy (non-hydrogen) atoms. The summed E-state index contributed by atoms with van der Waals surface area (Å²) >= 11 is 3.73. The fourth-order valence-electron chi connectivity index (χ4n) is 2.09. The number of hydrogen-bond donors (Lipinski definition) is 6. The van der Waals surface area contributed by atoms with Gasteiger partial charge in [-0.05, 0) is 0 Å². The first kappa shape index (κ1) is 27.8. The maximum absolute atomic E-state index is 11.9. The molecule has 1 atom stereocenters. The highest BCUT2D eigenvalue weighted by atomic mass is 32.1. The van der Waals surface area contributed by atoms with Gasteiger partial charge in [0.05, 0.1) is 6.33 Å². The van der Waals surface area contributed by atoms with E-state index in [1.54, 1.807) is 0 Å². The van der Waals surface area contributed by atoms with Crippen molar-refractivity contribution in [1.29, 1.82) is 0 Å². The fourth-order valence-corrected chi connectivity index (χ4v) is 2.34. The summed E-state index contributed by atoms with van der Waals surface area (Å²) in [6, 6.07) is -0.874. The van der Waals surface area contributed by atoms with Crippen LogP contribution in [0.1, 0.15) is 6.92 Å². The molecule has 2 aromatic rings. The van der Waals surface area contributed by atoms with Crippen LogP contribution in [0.15, 0.2) is 15.9 Å². The molecule has 0 aromatic carbocycles. The van der Waals surface area contributed by atoms with E-state index in [1.807, 2.05) is 0 Å². The normalized spacial score (nSPS) is 10.9. The summed E-state index contributed by atoms with van der Waals surface area (Å²) in [5.74, 6) is -2.40. The summed E-state index contributed by atoms with van der Waals surface area (Å²) in [6.45, 7) is 2.09. The van der Waals surface area contributed by atoms with Gasteiger partial charge in [0.1, 0.15) is 12.6 Å². The van der Waals surface area contributed by atoms with E-state index in [0.29, 0.717) is 13.1 Å². The van der Waals surface area contributed by atoms with Crippen molar-refractivity contribution in [3.05, 3.63) is 27.2 Å². The summed E-state index contributed by atoms with van der Waals surface area (Å²) in [5, 5.41) is 19.3. The summed E-state index contributed by atoms with van der Waals surface area (Å²) in [7, 11) is 2.81. The molecule has 174 valence electrons. The van der Waals surface area contributed by atoms with Gasteiger partial charge in [-0.15, -0.1) is 0 Å². The molecule has 0 radical (unpaired) electrons. The van der Waals surface area contributed by atoms with Crippen LogP contribution in [0.25, 0.3) is 11.2 Å². The first-order chi connectivity index (χ1) is 14.4. The molecule has 2 heterocycles. The number of nitrogens with one attached hydrogen (secondary N) is 1. The Kier molecular flexibility index (Phi) is 11.8. The Morgan fingerprint density at radius 1 is 1.16 bits per heavy atom. The third kappa shape index (κ3) is 8.23. The zero-order valence-corrected chi connectivity index (χ0v) is 18.2. The molecule has 0 aliphatic rings. The first-order valence-corrected chi connectivity index (χ1v) is 9.39. The number of nitrogens with zero attached hydrogens (tertiary/aromatic N) is 4. The SMILES string of the molecule is CC(=O)N[C@@H](CS)C(=O)O.Cn1c(=O)c2c(ncn2CC(=O)O)n(C)c1=O.NCCN. The molecule has 0 saturated carbocycles. The standard InChI is InChI=1S/C9H10N4O4.C5H9NO3S.C2H8N2/c1-11-7-6(8(16)12(2)9(11)17)13(4-10-7)3-5(14)15;1-3(7)6-4(2-10)5(8)9;3-1-2-4/h4H,3H2,1-2H3,(H,14,15);4,10H,2H2,1H3,(H,6,7)(H,8,9);1-4H2/t;4-;/m.0./s1. The molecule has 0 bridgehead atoms. The number of imidazole rings is 1. The van der Waals surface area contributed by atoms with Gasteiger partial charge in [-0.1, -0.05) is 0 Å². The fraction of sp³-hybridized carbons (Fsp3) is 0.500. The van der Waals surface area contributed by atoms with Crippen LogP contribution < -0.4 is 28.0 Å². The lowest BCUT2D eigenvalue weighted by molar-refractivity contribution is -0.140. The van der Waals surface area contributed by atoms with Crippen molar-refractivity contribution in [1.82, 2.24) is 24.0 Å². The molecule has 0 spiro atoms. The minimum absolute atomic E-state index is 0.106. The molecule has 0 unspecified atom stereocenters. The highest BCUT2D eigenvalue weighted by molar-refractivity contribution is 7.80. The van der Waals surface area contributed by atoms with Crippen LogP contribution >= 0.6 is 12.6 Å². The molecule has 2 rings (SSSR count). The summed E-state index contributed by atoms with van der Waals surface area (Å²) in [5.41, 5.74) is 9.04. The van der Waals surface area contributed by atoms with Gasteiger partial charge in [0, 0.05) is 39.9 Å². The third-order valence-electron chi connectivity index (χ3n) is 3.55. The van der Waals surface area contributed by atoms with Crippen LogP contribution in [0.4, 0.5) is 0 Å². The van der Waals surface area contributed by atoms with Crippen molar-refractivity contribution < 1.29 is 24.6 Å². The zero-order valence-electron chi connectivity index (χ0n) is 17.3. The topological polar surface area (TPSA) is 218 Å². The van der Waals surface area contributed by atoms with Gasteiger partial charge >= 0.3 is 17.6 Å². The van der Waals surface area contributed by atoms with Crippen LogP contribution in [0.3, 0.4) is 0 Å². The number of thiol groups is 1. The van der Waals surface area contributed by atoms with E-state index >= 15 is 0 Å². The number of aromatic nitrogens is 4. The molecule has 14 nitrogen and oxygen atoms in total. The number of rotatable bonds is 6. The number of fused-ring (bicyclic) bond motifs is 1. The van der Waals surface area contributed by atoms with Crippen LogP contribution in [-0.2, 0) is 35.0 Å². The minimum atomic E-state index is -1.08. The van der Waals surface area contributed by atoms with E-state index in [2.05, 4.69) is 22.9 Å². The molecular weight excluding hydrogens is 434 g/mol. The van der Waals surface area contributed by atoms with E-state index in [0.717, 1.165) is 4.57 Å². The maximum atomic E-state index is 11.9. The van der Waals surface area contributed by atoms with E-state index in [-0.39, 0.29) is 29.4 Å². The first-order valence-electron chi connectivity index (χ1n) is 8.76. The molecule has 0 aliphatic heterocycles. The molecule has 0 saturated heterocycles. The van der Waals surface area contributed by atoms with E-state index in [1.165, 1.54) is 36.5 Å². The van der Waals surface area contributed by atoms with Crippen molar-refractivity contribution >= 4 is 41.6 Å². The number of hydrogen-bond acceptors (Lipinski definition) is 9. The van der Waals surface area contributed by atoms with E-state index in [4.69, 9.17) is 21.7 Å². The average Bonchev–Trinajstić information content (AvgIpc) is 3.12. The highest BCUT2D eigenvalue weighted by Gasteiger charge is 2.16. The van der Waals surface area contributed by atoms with Crippen LogP contribution in [0.5, 0.6) is 0 Å². The number of aliphatic carboxylic acids is 2. The Labute approximate surface area is 181 Å². The van der Waals surface area contributed by atoms with E-state index in [9.17, 15) is 24.0 Å². The lowest BCUT2D eigenvalue weighted by Gasteiger charge is -2.08. The zero-order chi connectivity index (χ0) is 24.3. The van der Waals surface area contributed by atoms with Gasteiger partial charge in [0.25, 0.3) is 5.56 Å². The van der Waals surface area contributed by atoms with Crippen molar-refractivity contribution in [3.63, 3.8) is 0 Å². The van der Waals surface area contributed by atoms with Crippen molar-refractivity contribution in [2.24, 2.45) is 25.6 Å². The maximum Gasteiger partial charge on any atom is 0.332 e. The Hall–Kier alpha value is -3.17. The summed E-state index contributed by atoms with van der Waals surface area (Å²) in [4.78, 5) is 58.5. The number of nitrogens with two attached hydrogens (primary N) is 2. The largest absolute Gasteiger partial charge is 0.480 e. The average molecular weight is 462 g/mol. The number of amides is 1. The Balaban J connectivity index is 0.000000548. The van der Waals surface area contributed by atoms with Gasteiger partial charge in [0.15, 0.2) is 11.2 Å². The molecule has 0 fully saturated rings. The molecular formula is C16H27N7O7S. The Morgan fingerprint density at radius 3 is 2.06 bits per heavy atom. The second kappa shape index (κ2) is 13.2. The van der Waals surface area contributed by atoms with Crippen molar-refractivity contribution in [2.45, 2.75) is 19.5 Å². The van der Waals surface area contributed by atoms with E-state index < -0.39 is 29.2 Å². The van der Waals surface area contributed by atoms with Gasteiger partial charge in [0.2, 0.25) is 5.91 Å². The third-order valence-corrected chi connectivity index (χ3v) is 3.91. The van der Waals surface area contributed by atoms with Gasteiger partial charge < -0.3 is 31.6 Å². The predicted molar refractivity (Wildman–Crippen MR) is 115 cm³/mol. The number of carbonyl (C=O) groups excluding carboxylic acids is 1. The highest BCUT2D eigenvalue weighted by Crippen LogP contribution is 2.04. The van der Waals surface area contributed by atoms with Crippen LogP contribution in [0, 0.1) is 0 Å². The number of aryl methyl sites for hydroxylation is 1. The molecule has 1 amide bonds. The van der Waals surface area contributed by atoms with Crippen LogP contribution in [0.2, 0.25) is 0 Å². The number of carboxylic acid groups (broad SMARTS) is 2. The Morgan fingerprint density at radius 2 is 1.71 bits per heavy atom. The Bertz CT molecular complexity index is 1030. The molecule has 0 aliphatic carbocycles. The molecule has 2 aromatic heterocycles. The van der Waals surface area contributed by atoms with Gasteiger partial charge in [-0.3, -0.25) is 23.5 Å². The smallest absolute Gasteiger partial charge is 0.332 e. The lowest BCUT2D eigenvalue weighted by atomic mass is 10.3. The summed E-state index contributed by atoms with van der Waals surface area (Å²) in [6.07, 6.45) is 1.24. The second-order valence-electron chi connectivity index (χ2n) is 6.00.